The summed E-state index contributed by atoms with van der Waals surface area (Å²) in [7, 11) is 0. The van der Waals surface area contributed by atoms with Gasteiger partial charge >= 0.3 is 0 Å². The summed E-state index contributed by atoms with van der Waals surface area (Å²) in [6, 6.07) is 0. The Kier molecular flexibility index (Phi) is 3.89. The molecule has 0 aromatic carbocycles. The molecule has 1 aliphatic rings. The highest BCUT2D eigenvalue weighted by molar-refractivity contribution is 7.13. The molecule has 0 aliphatic carbocycles. The second-order valence-corrected chi connectivity index (χ2v) is 6.67. The number of hydrogen-bond acceptors (Lipinski definition) is 4. The lowest BCUT2D eigenvalue weighted by atomic mass is 9.93. The number of carbonyl (C=O) groups is 2. The van der Waals surface area contributed by atoms with Crippen LogP contribution in [0.3, 0.4) is 0 Å². The van der Waals surface area contributed by atoms with E-state index in [2.05, 4.69) is 36.4 Å². The van der Waals surface area contributed by atoms with Crippen molar-refractivity contribution >= 4 is 28.3 Å². The van der Waals surface area contributed by atoms with E-state index in [1.54, 1.807) is 0 Å². The SMILES string of the molecule is CC(C)(C)c1csc(NC(=O)C2CCC(=O)NC2)n1. The summed E-state index contributed by atoms with van der Waals surface area (Å²) in [5.74, 6) is -0.192. The first-order valence-electron chi connectivity index (χ1n) is 6.40. The lowest BCUT2D eigenvalue weighted by molar-refractivity contribution is -0.126. The number of carbonyl (C=O) groups excluding carboxylic acids is 2. The molecule has 2 amide bonds. The quantitative estimate of drug-likeness (QED) is 0.870. The van der Waals surface area contributed by atoms with Crippen LogP contribution in [-0.2, 0) is 15.0 Å². The van der Waals surface area contributed by atoms with Crippen molar-refractivity contribution in [2.45, 2.75) is 39.0 Å². The molecular weight excluding hydrogens is 262 g/mol. The summed E-state index contributed by atoms with van der Waals surface area (Å²) in [4.78, 5) is 27.5. The Morgan fingerprint density at radius 3 is 2.79 bits per heavy atom. The van der Waals surface area contributed by atoms with Crippen LogP contribution >= 0.6 is 11.3 Å². The number of nitrogens with one attached hydrogen (secondary N) is 2. The van der Waals surface area contributed by atoms with Crippen LogP contribution < -0.4 is 10.6 Å². The number of hydrogen-bond donors (Lipinski definition) is 2. The Morgan fingerprint density at radius 2 is 2.26 bits per heavy atom. The molecule has 2 heterocycles. The summed E-state index contributed by atoms with van der Waals surface area (Å²) < 4.78 is 0. The van der Waals surface area contributed by atoms with Gasteiger partial charge in [0.2, 0.25) is 11.8 Å². The first-order valence-corrected chi connectivity index (χ1v) is 7.28. The Bertz CT molecular complexity index is 480. The average Bonchev–Trinajstić information content (AvgIpc) is 2.78. The molecule has 104 valence electrons. The highest BCUT2D eigenvalue weighted by Gasteiger charge is 2.25. The lowest BCUT2D eigenvalue weighted by Crippen LogP contribution is -2.40. The van der Waals surface area contributed by atoms with Gasteiger partial charge in [-0.05, 0) is 6.42 Å². The number of piperidine rings is 1. The Hall–Kier alpha value is -1.43. The molecule has 1 fully saturated rings. The minimum absolute atomic E-state index is 0.0156. The minimum Gasteiger partial charge on any atom is -0.355 e. The summed E-state index contributed by atoms with van der Waals surface area (Å²) in [5, 5.41) is 8.15. The first kappa shape index (κ1) is 14.0. The van der Waals surface area contributed by atoms with E-state index in [1.807, 2.05) is 5.38 Å². The predicted molar refractivity (Wildman–Crippen MR) is 75.2 cm³/mol. The fraction of sp³-hybridized carbons (Fsp3) is 0.615. The fourth-order valence-corrected chi connectivity index (χ4v) is 2.78. The van der Waals surface area contributed by atoms with Gasteiger partial charge in [0.15, 0.2) is 5.13 Å². The largest absolute Gasteiger partial charge is 0.355 e. The predicted octanol–water partition coefficient (Wildman–Crippen LogP) is 1.91. The van der Waals surface area contributed by atoms with Crippen molar-refractivity contribution in [1.29, 1.82) is 0 Å². The maximum absolute atomic E-state index is 12.0. The normalized spacial score (nSPS) is 19.9. The summed E-state index contributed by atoms with van der Waals surface area (Å²) in [5.41, 5.74) is 0.961. The van der Waals surface area contributed by atoms with Crippen LogP contribution in [0.15, 0.2) is 5.38 Å². The molecule has 1 atom stereocenters. The van der Waals surface area contributed by atoms with Crippen molar-refractivity contribution in [3.63, 3.8) is 0 Å². The average molecular weight is 281 g/mol. The van der Waals surface area contributed by atoms with Gasteiger partial charge in [0.05, 0.1) is 11.6 Å². The summed E-state index contributed by atoms with van der Waals surface area (Å²) in [6.07, 6.45) is 1.03. The number of aromatic nitrogens is 1. The molecule has 2 N–H and O–H groups in total. The number of rotatable bonds is 2. The van der Waals surface area contributed by atoms with E-state index in [0.29, 0.717) is 24.5 Å². The van der Waals surface area contributed by atoms with Gasteiger partial charge in [-0.25, -0.2) is 4.98 Å². The number of thiazole rings is 1. The van der Waals surface area contributed by atoms with E-state index < -0.39 is 0 Å². The van der Waals surface area contributed by atoms with Crippen molar-refractivity contribution in [3.8, 4) is 0 Å². The van der Waals surface area contributed by atoms with E-state index in [-0.39, 0.29) is 23.1 Å². The zero-order chi connectivity index (χ0) is 14.0. The van der Waals surface area contributed by atoms with Gasteiger partial charge < -0.3 is 10.6 Å². The Balaban J connectivity index is 1.95. The third-order valence-corrected chi connectivity index (χ3v) is 3.90. The molecule has 1 aromatic heterocycles. The third-order valence-electron chi connectivity index (χ3n) is 3.14. The highest BCUT2D eigenvalue weighted by atomic mass is 32.1. The van der Waals surface area contributed by atoms with Crippen LogP contribution in [0.1, 0.15) is 39.3 Å². The zero-order valence-corrected chi connectivity index (χ0v) is 12.3. The van der Waals surface area contributed by atoms with Gasteiger partial charge in [-0.2, -0.15) is 0 Å². The molecule has 1 saturated heterocycles. The van der Waals surface area contributed by atoms with Crippen molar-refractivity contribution in [2.24, 2.45) is 5.92 Å². The van der Waals surface area contributed by atoms with Crippen LogP contribution in [0.4, 0.5) is 5.13 Å². The molecule has 19 heavy (non-hydrogen) atoms. The smallest absolute Gasteiger partial charge is 0.231 e. The fourth-order valence-electron chi connectivity index (χ4n) is 1.84. The van der Waals surface area contributed by atoms with Crippen molar-refractivity contribution in [3.05, 3.63) is 11.1 Å². The van der Waals surface area contributed by atoms with E-state index >= 15 is 0 Å². The number of amides is 2. The molecule has 6 heteroatoms. The Labute approximate surface area is 116 Å². The second kappa shape index (κ2) is 5.28. The van der Waals surface area contributed by atoms with Crippen molar-refractivity contribution in [1.82, 2.24) is 10.3 Å². The van der Waals surface area contributed by atoms with E-state index in [0.717, 1.165) is 5.69 Å². The monoisotopic (exact) mass is 281 g/mol. The second-order valence-electron chi connectivity index (χ2n) is 5.82. The van der Waals surface area contributed by atoms with Crippen LogP contribution in [0.2, 0.25) is 0 Å². The van der Waals surface area contributed by atoms with Crippen LogP contribution in [0.5, 0.6) is 0 Å². The zero-order valence-electron chi connectivity index (χ0n) is 11.4. The molecule has 1 aliphatic heterocycles. The maximum Gasteiger partial charge on any atom is 0.231 e. The molecule has 0 radical (unpaired) electrons. The van der Waals surface area contributed by atoms with Gasteiger partial charge in [-0.1, -0.05) is 20.8 Å². The standard InChI is InChI=1S/C13H19N3O2S/c1-13(2,3)9-7-19-12(15-9)16-11(18)8-4-5-10(17)14-6-8/h7-8H,4-6H2,1-3H3,(H,14,17)(H,15,16,18). The van der Waals surface area contributed by atoms with Crippen molar-refractivity contribution in [2.75, 3.05) is 11.9 Å². The van der Waals surface area contributed by atoms with Gasteiger partial charge in [0, 0.05) is 23.8 Å². The molecule has 0 saturated carbocycles. The van der Waals surface area contributed by atoms with Crippen LogP contribution in [0.25, 0.3) is 0 Å². The molecule has 5 nitrogen and oxygen atoms in total. The molecule has 0 spiro atoms. The summed E-state index contributed by atoms with van der Waals surface area (Å²) >= 11 is 1.44. The molecule has 2 rings (SSSR count). The first-order chi connectivity index (χ1) is 8.86. The highest BCUT2D eigenvalue weighted by Crippen LogP contribution is 2.26. The molecule has 0 bridgehead atoms. The third kappa shape index (κ3) is 3.53. The van der Waals surface area contributed by atoms with E-state index in [9.17, 15) is 9.59 Å². The van der Waals surface area contributed by atoms with Crippen LogP contribution in [0, 0.1) is 5.92 Å². The molecular formula is C13H19N3O2S. The van der Waals surface area contributed by atoms with Crippen molar-refractivity contribution < 1.29 is 9.59 Å². The molecule has 1 unspecified atom stereocenters. The maximum atomic E-state index is 12.0. The van der Waals surface area contributed by atoms with Gasteiger partial charge in [0.25, 0.3) is 0 Å². The number of nitrogens with zero attached hydrogens (tertiary/aromatic N) is 1. The minimum atomic E-state index is -0.153. The van der Waals surface area contributed by atoms with Gasteiger partial charge in [-0.15, -0.1) is 11.3 Å². The van der Waals surface area contributed by atoms with E-state index in [4.69, 9.17) is 0 Å². The molecule has 1 aromatic rings. The lowest BCUT2D eigenvalue weighted by Gasteiger charge is -2.21. The van der Waals surface area contributed by atoms with Gasteiger partial charge in [-0.3, -0.25) is 9.59 Å². The van der Waals surface area contributed by atoms with Gasteiger partial charge in [0.1, 0.15) is 0 Å². The Morgan fingerprint density at radius 1 is 1.53 bits per heavy atom. The topological polar surface area (TPSA) is 71.1 Å². The van der Waals surface area contributed by atoms with E-state index in [1.165, 1.54) is 11.3 Å². The number of anilines is 1. The summed E-state index contributed by atoms with van der Waals surface area (Å²) in [6.45, 7) is 6.68. The van der Waals surface area contributed by atoms with Crippen LogP contribution in [-0.4, -0.2) is 23.3 Å².